The molecule has 0 aromatic carbocycles. The van der Waals surface area contributed by atoms with E-state index in [1.807, 2.05) is 6.92 Å². The third kappa shape index (κ3) is 2.45. The predicted molar refractivity (Wildman–Crippen MR) is 49.6 cm³/mol. The molecule has 0 spiro atoms. The fraction of sp³-hybridized carbons (Fsp3) is 1.00. The van der Waals surface area contributed by atoms with E-state index >= 15 is 0 Å². The molecule has 0 bridgehead atoms. The maximum absolute atomic E-state index is 11.2. The average molecular weight is 191 g/mol. The van der Waals surface area contributed by atoms with Gasteiger partial charge in [0.2, 0.25) is 0 Å². The Labute approximate surface area is 74.3 Å². The molecule has 0 radical (unpaired) electrons. The van der Waals surface area contributed by atoms with Gasteiger partial charge < -0.3 is 5.73 Å². The molecule has 2 unspecified atom stereocenters. The lowest BCUT2D eigenvalue weighted by Crippen LogP contribution is -2.32. The van der Waals surface area contributed by atoms with Crippen LogP contribution in [-0.2, 0) is 9.84 Å². The van der Waals surface area contributed by atoms with Gasteiger partial charge >= 0.3 is 0 Å². The largest absolute Gasteiger partial charge is 0.330 e. The summed E-state index contributed by atoms with van der Waals surface area (Å²) in [5.41, 5.74) is 5.50. The summed E-state index contributed by atoms with van der Waals surface area (Å²) in [6, 6.07) is 0. The topological polar surface area (TPSA) is 60.2 Å². The van der Waals surface area contributed by atoms with Crippen molar-refractivity contribution in [1.29, 1.82) is 0 Å². The van der Waals surface area contributed by atoms with Gasteiger partial charge in [-0.15, -0.1) is 0 Å². The zero-order valence-electron chi connectivity index (χ0n) is 7.49. The van der Waals surface area contributed by atoms with E-state index in [1.54, 1.807) is 0 Å². The van der Waals surface area contributed by atoms with Crippen molar-refractivity contribution in [1.82, 2.24) is 0 Å². The van der Waals surface area contributed by atoms with Gasteiger partial charge in [0.15, 0.2) is 9.84 Å². The molecular formula is C8H17NO2S. The van der Waals surface area contributed by atoms with Crippen LogP contribution < -0.4 is 5.73 Å². The maximum atomic E-state index is 11.2. The van der Waals surface area contributed by atoms with Gasteiger partial charge in [0.25, 0.3) is 0 Å². The average Bonchev–Trinajstić information content (AvgIpc) is 2.01. The fourth-order valence-electron chi connectivity index (χ4n) is 1.70. The summed E-state index contributed by atoms with van der Waals surface area (Å²) < 4.78 is 22.5. The van der Waals surface area contributed by atoms with Crippen LogP contribution in [0.1, 0.15) is 19.8 Å². The van der Waals surface area contributed by atoms with Crippen molar-refractivity contribution >= 4 is 9.84 Å². The lowest BCUT2D eigenvalue weighted by molar-refractivity contribution is 0.359. The molecule has 0 aromatic rings. The Morgan fingerprint density at radius 2 is 2.25 bits per heavy atom. The van der Waals surface area contributed by atoms with Gasteiger partial charge in [0, 0.05) is 0 Å². The lowest BCUT2D eigenvalue weighted by Gasteiger charge is -2.26. The smallest absolute Gasteiger partial charge is 0.150 e. The molecule has 1 aliphatic rings. The van der Waals surface area contributed by atoms with Gasteiger partial charge in [-0.2, -0.15) is 0 Å². The van der Waals surface area contributed by atoms with E-state index < -0.39 is 9.84 Å². The monoisotopic (exact) mass is 191 g/mol. The molecule has 4 heteroatoms. The Bertz CT molecular complexity index is 235. The molecule has 0 aromatic heterocycles. The molecular weight excluding hydrogens is 174 g/mol. The first-order chi connectivity index (χ1) is 5.55. The molecule has 3 nitrogen and oxygen atoms in total. The van der Waals surface area contributed by atoms with Crippen LogP contribution in [0.5, 0.6) is 0 Å². The first kappa shape index (κ1) is 9.99. The number of sulfone groups is 1. The summed E-state index contributed by atoms with van der Waals surface area (Å²) >= 11 is 0. The SMILES string of the molecule is CC(CN)C1CCCS(=O)(=O)C1. The van der Waals surface area contributed by atoms with E-state index in [4.69, 9.17) is 5.73 Å². The normalized spacial score (nSPS) is 31.3. The Balaban J connectivity index is 2.58. The van der Waals surface area contributed by atoms with Crippen LogP contribution in [0.2, 0.25) is 0 Å². The Morgan fingerprint density at radius 1 is 1.58 bits per heavy atom. The van der Waals surface area contributed by atoms with Crippen molar-refractivity contribution in [2.75, 3.05) is 18.1 Å². The van der Waals surface area contributed by atoms with Crippen molar-refractivity contribution in [2.24, 2.45) is 17.6 Å². The summed E-state index contributed by atoms with van der Waals surface area (Å²) in [4.78, 5) is 0. The molecule has 72 valence electrons. The molecule has 1 saturated heterocycles. The van der Waals surface area contributed by atoms with Gasteiger partial charge in [0.05, 0.1) is 11.5 Å². The van der Waals surface area contributed by atoms with Gasteiger partial charge in [-0.3, -0.25) is 0 Å². The summed E-state index contributed by atoms with van der Waals surface area (Å²) in [5.74, 6) is 1.38. The van der Waals surface area contributed by atoms with Crippen LogP contribution in [0.3, 0.4) is 0 Å². The van der Waals surface area contributed by atoms with Crippen LogP contribution in [-0.4, -0.2) is 26.5 Å². The van der Waals surface area contributed by atoms with Gasteiger partial charge in [0.1, 0.15) is 0 Å². The second-order valence-electron chi connectivity index (χ2n) is 3.73. The highest BCUT2D eigenvalue weighted by Gasteiger charge is 2.27. The van der Waals surface area contributed by atoms with Gasteiger partial charge in [-0.05, 0) is 31.2 Å². The lowest BCUT2D eigenvalue weighted by atomic mass is 9.91. The zero-order chi connectivity index (χ0) is 9.19. The van der Waals surface area contributed by atoms with Crippen LogP contribution in [0.4, 0.5) is 0 Å². The van der Waals surface area contributed by atoms with Gasteiger partial charge in [-0.1, -0.05) is 6.92 Å². The van der Waals surface area contributed by atoms with Crippen molar-refractivity contribution in [3.05, 3.63) is 0 Å². The van der Waals surface area contributed by atoms with Crippen LogP contribution in [0.15, 0.2) is 0 Å². The molecule has 0 amide bonds. The van der Waals surface area contributed by atoms with E-state index in [9.17, 15) is 8.42 Å². The minimum atomic E-state index is -2.74. The minimum absolute atomic E-state index is 0.300. The summed E-state index contributed by atoms with van der Waals surface area (Å²) in [6.07, 6.45) is 1.84. The van der Waals surface area contributed by atoms with E-state index in [2.05, 4.69) is 0 Å². The molecule has 2 atom stereocenters. The Morgan fingerprint density at radius 3 is 2.75 bits per heavy atom. The quantitative estimate of drug-likeness (QED) is 0.687. The van der Waals surface area contributed by atoms with E-state index in [-0.39, 0.29) is 0 Å². The summed E-state index contributed by atoms with van der Waals surface area (Å²) in [7, 11) is -2.74. The summed E-state index contributed by atoms with van der Waals surface area (Å²) in [5, 5.41) is 0. The summed E-state index contributed by atoms with van der Waals surface area (Å²) in [6.45, 7) is 2.63. The highest BCUT2D eigenvalue weighted by molar-refractivity contribution is 7.91. The van der Waals surface area contributed by atoms with Crippen LogP contribution >= 0.6 is 0 Å². The van der Waals surface area contributed by atoms with Crippen LogP contribution in [0, 0.1) is 11.8 Å². The highest BCUT2D eigenvalue weighted by atomic mass is 32.2. The molecule has 1 rings (SSSR count). The van der Waals surface area contributed by atoms with Crippen molar-refractivity contribution in [2.45, 2.75) is 19.8 Å². The van der Waals surface area contributed by atoms with E-state index in [0.717, 1.165) is 12.8 Å². The van der Waals surface area contributed by atoms with E-state index in [1.165, 1.54) is 0 Å². The fourth-order valence-corrected chi connectivity index (χ4v) is 3.62. The predicted octanol–water partition coefficient (Wildman–Crippen LogP) is 0.406. The maximum Gasteiger partial charge on any atom is 0.150 e. The van der Waals surface area contributed by atoms with Crippen molar-refractivity contribution in [3.8, 4) is 0 Å². The number of hydrogen-bond donors (Lipinski definition) is 1. The van der Waals surface area contributed by atoms with Gasteiger partial charge in [-0.25, -0.2) is 8.42 Å². The molecule has 12 heavy (non-hydrogen) atoms. The highest BCUT2D eigenvalue weighted by Crippen LogP contribution is 2.24. The Hall–Kier alpha value is -0.0900. The molecule has 2 N–H and O–H groups in total. The molecule has 1 fully saturated rings. The second-order valence-corrected chi connectivity index (χ2v) is 5.96. The van der Waals surface area contributed by atoms with E-state index in [0.29, 0.717) is 29.9 Å². The van der Waals surface area contributed by atoms with Crippen LogP contribution in [0.25, 0.3) is 0 Å². The third-order valence-electron chi connectivity index (χ3n) is 2.67. The number of rotatable bonds is 2. The van der Waals surface area contributed by atoms with Crippen molar-refractivity contribution in [3.63, 3.8) is 0 Å². The first-order valence-electron chi connectivity index (χ1n) is 4.45. The number of nitrogens with two attached hydrogens (primary N) is 1. The minimum Gasteiger partial charge on any atom is -0.330 e. The molecule has 1 heterocycles. The molecule has 0 aliphatic carbocycles. The standard InChI is InChI=1S/C8H17NO2S/c1-7(5-9)8-3-2-4-12(10,11)6-8/h7-8H,2-6,9H2,1H3. The first-order valence-corrected chi connectivity index (χ1v) is 6.28. The molecule has 1 aliphatic heterocycles. The zero-order valence-corrected chi connectivity index (χ0v) is 8.31. The Kier molecular flexibility index (Phi) is 3.12. The van der Waals surface area contributed by atoms with Crippen molar-refractivity contribution < 1.29 is 8.42 Å². The number of hydrogen-bond acceptors (Lipinski definition) is 3. The second kappa shape index (κ2) is 3.75. The molecule has 0 saturated carbocycles. The third-order valence-corrected chi connectivity index (χ3v) is 4.52.